The molecule has 0 bridgehead atoms. The highest BCUT2D eigenvalue weighted by Gasteiger charge is 2.19. The molecule has 0 heterocycles. The molecule has 0 aromatic carbocycles. The Kier molecular flexibility index (Phi) is 6.08. The zero-order chi connectivity index (χ0) is 8.97. The summed E-state index contributed by atoms with van der Waals surface area (Å²) in [7, 11) is 0. The fourth-order valence-electron chi connectivity index (χ4n) is 1.72. The first-order chi connectivity index (χ1) is 5.68. The smallest absolute Gasteiger partial charge is 0.302 e. The molecule has 3 nitrogen and oxygen atoms in total. The van der Waals surface area contributed by atoms with Crippen LogP contribution < -0.4 is 5.73 Å². The Balaban J connectivity index is 0.00000144. The van der Waals surface area contributed by atoms with Gasteiger partial charge in [-0.3, -0.25) is 4.79 Å². The molecule has 0 amide bonds. The van der Waals surface area contributed by atoms with Crippen molar-refractivity contribution in [1.29, 1.82) is 0 Å². The second-order valence-corrected chi connectivity index (χ2v) is 3.60. The van der Waals surface area contributed by atoms with Crippen LogP contribution in [0.25, 0.3) is 0 Å². The van der Waals surface area contributed by atoms with E-state index in [9.17, 15) is 4.79 Å². The first-order valence-corrected chi connectivity index (χ1v) is 4.57. The first-order valence-electron chi connectivity index (χ1n) is 4.57. The van der Waals surface area contributed by atoms with Crippen molar-refractivity contribution in [3.63, 3.8) is 0 Å². The summed E-state index contributed by atoms with van der Waals surface area (Å²) in [5.41, 5.74) is 5.79. The Bertz CT molecular complexity index is 164. The number of carbonyl (C=O) groups excluding carboxylic acids is 1. The molecule has 1 fully saturated rings. The van der Waals surface area contributed by atoms with Gasteiger partial charge in [-0.15, -0.1) is 12.4 Å². The van der Waals surface area contributed by atoms with E-state index in [0.29, 0.717) is 18.6 Å². The molecule has 1 aliphatic carbocycles. The zero-order valence-electron chi connectivity index (χ0n) is 7.99. The lowest BCUT2D eigenvalue weighted by atomic mass is 9.87. The third kappa shape index (κ3) is 5.11. The molecule has 1 rings (SSSR count). The van der Waals surface area contributed by atoms with Gasteiger partial charge in [0.1, 0.15) is 0 Å². The fraction of sp³-hybridized carbons (Fsp3) is 0.889. The Morgan fingerprint density at radius 3 is 2.77 bits per heavy atom. The van der Waals surface area contributed by atoms with Gasteiger partial charge in [-0.25, -0.2) is 0 Å². The number of nitrogens with two attached hydrogens (primary N) is 1. The predicted octanol–water partition coefficient (Wildman–Crippen LogP) is 1.49. The van der Waals surface area contributed by atoms with E-state index in [1.54, 1.807) is 0 Å². The van der Waals surface area contributed by atoms with Crippen molar-refractivity contribution in [2.24, 2.45) is 11.7 Å². The molecule has 0 aromatic heterocycles. The number of halogens is 1. The van der Waals surface area contributed by atoms with Crippen molar-refractivity contribution in [2.75, 3.05) is 6.61 Å². The van der Waals surface area contributed by atoms with E-state index in [0.717, 1.165) is 19.3 Å². The third-order valence-electron chi connectivity index (χ3n) is 2.35. The maximum Gasteiger partial charge on any atom is 0.302 e. The molecule has 1 aliphatic rings. The number of rotatable bonds is 2. The van der Waals surface area contributed by atoms with Crippen molar-refractivity contribution in [3.05, 3.63) is 0 Å². The van der Waals surface area contributed by atoms with E-state index >= 15 is 0 Å². The van der Waals surface area contributed by atoms with Gasteiger partial charge in [0.25, 0.3) is 0 Å². The summed E-state index contributed by atoms with van der Waals surface area (Å²) >= 11 is 0. The van der Waals surface area contributed by atoms with E-state index in [4.69, 9.17) is 10.5 Å². The minimum atomic E-state index is -0.186. The largest absolute Gasteiger partial charge is 0.466 e. The highest BCUT2D eigenvalue weighted by atomic mass is 35.5. The molecule has 4 heteroatoms. The molecule has 0 saturated heterocycles. The molecule has 1 saturated carbocycles. The second-order valence-electron chi connectivity index (χ2n) is 3.60. The van der Waals surface area contributed by atoms with E-state index in [2.05, 4.69) is 0 Å². The van der Waals surface area contributed by atoms with Crippen molar-refractivity contribution in [2.45, 2.75) is 38.6 Å². The quantitative estimate of drug-likeness (QED) is 0.699. The van der Waals surface area contributed by atoms with Crippen LogP contribution in [-0.2, 0) is 9.53 Å². The Hall–Kier alpha value is -0.280. The molecule has 0 unspecified atom stereocenters. The van der Waals surface area contributed by atoms with Crippen LogP contribution in [0.4, 0.5) is 0 Å². The summed E-state index contributed by atoms with van der Waals surface area (Å²) in [6, 6.07) is 0.319. The number of esters is 1. The molecule has 0 spiro atoms. The monoisotopic (exact) mass is 207 g/mol. The van der Waals surface area contributed by atoms with Crippen LogP contribution in [0.15, 0.2) is 0 Å². The Morgan fingerprint density at radius 2 is 2.23 bits per heavy atom. The number of hydrogen-bond acceptors (Lipinski definition) is 3. The normalized spacial score (nSPS) is 27.5. The minimum Gasteiger partial charge on any atom is -0.466 e. The standard InChI is InChI=1S/C9H17NO2.ClH/c1-7(11)12-6-8-3-2-4-9(10)5-8;/h8-9H,2-6,10H2,1H3;1H/t8-,9+;/m1./s1. The lowest BCUT2D eigenvalue weighted by Gasteiger charge is -2.25. The molecule has 78 valence electrons. The average molecular weight is 208 g/mol. The highest BCUT2D eigenvalue weighted by Crippen LogP contribution is 2.23. The summed E-state index contributed by atoms with van der Waals surface area (Å²) in [5.74, 6) is 0.312. The summed E-state index contributed by atoms with van der Waals surface area (Å²) in [4.78, 5) is 10.5. The van der Waals surface area contributed by atoms with E-state index in [1.165, 1.54) is 13.3 Å². The molecular weight excluding hydrogens is 190 g/mol. The average Bonchev–Trinajstić information content (AvgIpc) is 2.01. The third-order valence-corrected chi connectivity index (χ3v) is 2.35. The van der Waals surface area contributed by atoms with Crippen LogP contribution in [-0.4, -0.2) is 18.6 Å². The van der Waals surface area contributed by atoms with Gasteiger partial charge in [0.2, 0.25) is 0 Å². The maximum atomic E-state index is 10.5. The van der Waals surface area contributed by atoms with Crippen molar-refractivity contribution in [3.8, 4) is 0 Å². The van der Waals surface area contributed by atoms with Gasteiger partial charge in [-0.2, -0.15) is 0 Å². The molecule has 2 atom stereocenters. The molecule has 0 radical (unpaired) electrons. The van der Waals surface area contributed by atoms with E-state index < -0.39 is 0 Å². The van der Waals surface area contributed by atoms with Gasteiger partial charge >= 0.3 is 5.97 Å². The number of hydrogen-bond donors (Lipinski definition) is 1. The second kappa shape index (κ2) is 6.22. The molecule has 0 aromatic rings. The van der Waals surface area contributed by atoms with E-state index in [1.807, 2.05) is 0 Å². The first kappa shape index (κ1) is 12.7. The zero-order valence-corrected chi connectivity index (χ0v) is 8.81. The van der Waals surface area contributed by atoms with Crippen molar-refractivity contribution >= 4 is 18.4 Å². The number of carbonyl (C=O) groups is 1. The summed E-state index contributed by atoms with van der Waals surface area (Å²) in [5, 5.41) is 0. The van der Waals surface area contributed by atoms with Gasteiger partial charge < -0.3 is 10.5 Å². The van der Waals surface area contributed by atoms with Crippen LogP contribution in [0.3, 0.4) is 0 Å². The number of ether oxygens (including phenoxy) is 1. The summed E-state index contributed by atoms with van der Waals surface area (Å²) < 4.78 is 4.94. The van der Waals surface area contributed by atoms with Crippen LogP contribution in [0.1, 0.15) is 32.6 Å². The van der Waals surface area contributed by atoms with Gasteiger partial charge in [0.15, 0.2) is 0 Å². The lowest BCUT2D eigenvalue weighted by molar-refractivity contribution is -0.142. The van der Waals surface area contributed by atoms with Crippen LogP contribution in [0, 0.1) is 5.92 Å². The molecular formula is C9H18ClNO2. The van der Waals surface area contributed by atoms with Gasteiger partial charge in [0.05, 0.1) is 6.61 Å². The van der Waals surface area contributed by atoms with Gasteiger partial charge in [-0.1, -0.05) is 6.42 Å². The van der Waals surface area contributed by atoms with Crippen LogP contribution >= 0.6 is 12.4 Å². The van der Waals surface area contributed by atoms with Crippen LogP contribution in [0.5, 0.6) is 0 Å². The van der Waals surface area contributed by atoms with Crippen molar-refractivity contribution < 1.29 is 9.53 Å². The summed E-state index contributed by atoms with van der Waals surface area (Å²) in [6.45, 7) is 2.01. The van der Waals surface area contributed by atoms with Gasteiger partial charge in [0, 0.05) is 13.0 Å². The SMILES string of the molecule is CC(=O)OC[C@@H]1CCC[C@H](N)C1.Cl. The summed E-state index contributed by atoms with van der Waals surface area (Å²) in [6.07, 6.45) is 4.46. The topological polar surface area (TPSA) is 52.3 Å². The lowest BCUT2D eigenvalue weighted by Crippen LogP contribution is -2.30. The Labute approximate surface area is 85.4 Å². The Morgan fingerprint density at radius 1 is 1.54 bits per heavy atom. The maximum absolute atomic E-state index is 10.5. The highest BCUT2D eigenvalue weighted by molar-refractivity contribution is 5.85. The van der Waals surface area contributed by atoms with Gasteiger partial charge in [-0.05, 0) is 25.2 Å². The molecule has 2 N–H and O–H groups in total. The molecule has 0 aliphatic heterocycles. The van der Waals surface area contributed by atoms with Crippen LogP contribution in [0.2, 0.25) is 0 Å². The predicted molar refractivity (Wildman–Crippen MR) is 53.8 cm³/mol. The minimum absolute atomic E-state index is 0. The molecule has 13 heavy (non-hydrogen) atoms. The fourth-order valence-corrected chi connectivity index (χ4v) is 1.72. The van der Waals surface area contributed by atoms with Crippen molar-refractivity contribution in [1.82, 2.24) is 0 Å². The van der Waals surface area contributed by atoms with E-state index in [-0.39, 0.29) is 18.4 Å².